The Kier molecular flexibility index (Phi) is 3.35. The van der Waals surface area contributed by atoms with Crippen LogP contribution >= 0.6 is 23.2 Å². The average molecular weight is 322 g/mol. The van der Waals surface area contributed by atoms with Crippen molar-refractivity contribution in [2.75, 3.05) is 0 Å². The molecule has 0 unspecified atom stereocenters. The third kappa shape index (κ3) is 2.48. The van der Waals surface area contributed by atoms with Crippen molar-refractivity contribution < 1.29 is 9.53 Å². The van der Waals surface area contributed by atoms with Gasteiger partial charge in [0.25, 0.3) is 5.56 Å². The molecule has 0 radical (unpaired) electrons. The van der Waals surface area contributed by atoms with Gasteiger partial charge in [-0.25, -0.2) is 4.79 Å². The zero-order valence-electron chi connectivity index (χ0n) is 10.9. The second-order valence-electron chi connectivity index (χ2n) is 4.63. The minimum atomic E-state index is -0.664. The van der Waals surface area contributed by atoms with Gasteiger partial charge in [0, 0.05) is 21.3 Å². The molecular weight excluding hydrogens is 313 g/mol. The maximum Gasteiger partial charge on any atom is 0.349 e. The Morgan fingerprint density at radius 3 is 2.67 bits per heavy atom. The summed E-state index contributed by atoms with van der Waals surface area (Å²) in [4.78, 5) is 26.2. The number of rotatable bonds is 1. The van der Waals surface area contributed by atoms with E-state index in [1.807, 2.05) is 0 Å². The van der Waals surface area contributed by atoms with E-state index in [1.54, 1.807) is 37.3 Å². The lowest BCUT2D eigenvalue weighted by atomic mass is 10.1. The van der Waals surface area contributed by atoms with E-state index in [1.165, 1.54) is 0 Å². The topological polar surface area (TPSA) is 59.2 Å². The molecule has 4 nitrogen and oxygen atoms in total. The van der Waals surface area contributed by atoms with Crippen LogP contribution in [0, 0.1) is 6.92 Å². The summed E-state index contributed by atoms with van der Waals surface area (Å²) in [5.74, 6) is -0.365. The number of halogens is 2. The molecule has 0 fully saturated rings. The van der Waals surface area contributed by atoms with Crippen LogP contribution in [0.25, 0.3) is 11.8 Å². The summed E-state index contributed by atoms with van der Waals surface area (Å²) in [6.45, 7) is 1.73. The summed E-state index contributed by atoms with van der Waals surface area (Å²) in [5, 5.41) is 0.944. The van der Waals surface area contributed by atoms with Crippen LogP contribution in [0.5, 0.6) is 0 Å². The highest BCUT2D eigenvalue weighted by Gasteiger charge is 2.30. The number of benzene rings is 1. The summed E-state index contributed by atoms with van der Waals surface area (Å²) >= 11 is 11.9. The summed E-state index contributed by atoms with van der Waals surface area (Å²) in [7, 11) is 0. The molecule has 3 rings (SSSR count). The molecule has 0 amide bonds. The van der Waals surface area contributed by atoms with Crippen molar-refractivity contribution in [2.45, 2.75) is 6.92 Å². The van der Waals surface area contributed by atoms with E-state index in [2.05, 4.69) is 4.98 Å². The Labute approximate surface area is 130 Å². The maximum atomic E-state index is 11.8. The zero-order chi connectivity index (χ0) is 15.1. The van der Waals surface area contributed by atoms with Crippen LogP contribution in [0.1, 0.15) is 27.2 Å². The first kappa shape index (κ1) is 13.9. The zero-order valence-corrected chi connectivity index (χ0v) is 12.4. The molecule has 1 N–H and O–H groups in total. The number of esters is 1. The Morgan fingerprint density at radius 1 is 1.19 bits per heavy atom. The maximum absolute atomic E-state index is 11.8. The van der Waals surface area contributed by atoms with Crippen molar-refractivity contribution in [1.29, 1.82) is 0 Å². The number of cyclic esters (lactones) is 1. The number of aryl methyl sites for hydroxylation is 1. The molecule has 106 valence electrons. The lowest BCUT2D eigenvalue weighted by Gasteiger charge is -2.02. The lowest BCUT2D eigenvalue weighted by Crippen LogP contribution is -2.16. The van der Waals surface area contributed by atoms with Gasteiger partial charge < -0.3 is 9.72 Å². The van der Waals surface area contributed by atoms with E-state index in [0.717, 1.165) is 0 Å². The van der Waals surface area contributed by atoms with E-state index < -0.39 is 11.5 Å². The van der Waals surface area contributed by atoms with E-state index in [0.29, 0.717) is 32.6 Å². The molecule has 1 aliphatic heterocycles. The number of ether oxygens (including phenoxy) is 1. The molecule has 0 saturated heterocycles. The number of pyridine rings is 1. The first-order valence-corrected chi connectivity index (χ1v) is 6.84. The van der Waals surface area contributed by atoms with Gasteiger partial charge in [0.05, 0.1) is 0 Å². The number of fused-ring (bicyclic) bond motifs is 1. The van der Waals surface area contributed by atoms with Crippen LogP contribution in [0.4, 0.5) is 0 Å². The van der Waals surface area contributed by atoms with Crippen molar-refractivity contribution in [1.82, 2.24) is 4.98 Å². The second-order valence-corrected chi connectivity index (χ2v) is 5.48. The molecule has 0 aliphatic carbocycles. The fourth-order valence-electron chi connectivity index (χ4n) is 2.16. The van der Waals surface area contributed by atoms with Crippen molar-refractivity contribution in [3.8, 4) is 0 Å². The molecular formula is C15H9Cl2NO3. The molecule has 1 aromatic heterocycles. The van der Waals surface area contributed by atoms with Gasteiger partial charge >= 0.3 is 5.97 Å². The normalized spacial score (nSPS) is 15.2. The first-order chi connectivity index (χ1) is 9.95. The Morgan fingerprint density at radius 2 is 1.95 bits per heavy atom. The summed E-state index contributed by atoms with van der Waals surface area (Å²) < 4.78 is 5.17. The molecule has 2 aromatic rings. The predicted octanol–water partition coefficient (Wildman–Crippen LogP) is 3.66. The molecule has 0 spiro atoms. The minimum Gasteiger partial charge on any atom is -0.422 e. The predicted molar refractivity (Wildman–Crippen MR) is 81.5 cm³/mol. The number of hydrogen-bond acceptors (Lipinski definition) is 3. The monoisotopic (exact) mass is 321 g/mol. The van der Waals surface area contributed by atoms with Gasteiger partial charge in [-0.1, -0.05) is 29.3 Å². The number of nitrogens with one attached hydrogen (secondary N) is 1. The van der Waals surface area contributed by atoms with Crippen LogP contribution in [0.3, 0.4) is 0 Å². The fourth-order valence-corrected chi connectivity index (χ4v) is 2.62. The fraction of sp³-hybridized carbons (Fsp3) is 0.0667. The highest BCUT2D eigenvalue weighted by atomic mass is 35.5. The number of aromatic amines is 1. The van der Waals surface area contributed by atoms with Crippen LogP contribution in [-0.4, -0.2) is 11.0 Å². The molecule has 1 aromatic carbocycles. The molecule has 0 atom stereocenters. The molecule has 0 bridgehead atoms. The van der Waals surface area contributed by atoms with Gasteiger partial charge in [0.2, 0.25) is 0 Å². The summed E-state index contributed by atoms with van der Waals surface area (Å²) in [5.41, 5.74) is 1.31. The van der Waals surface area contributed by atoms with E-state index >= 15 is 0 Å². The third-order valence-electron chi connectivity index (χ3n) is 3.09. The summed E-state index contributed by atoms with van der Waals surface area (Å²) in [6, 6.07) is 6.68. The molecule has 6 heteroatoms. The molecule has 2 heterocycles. The standard InChI is InChI=1S/C15H9Cl2NO3/c1-7-4-10-12(21-15(20)13(10)14(19)18-7)5-8-2-3-9(16)6-11(8)17/h2-6H,1H3,(H,18,19)/b12-5-. The number of carbonyl (C=O) groups excluding carboxylic acids is 1. The number of H-pyrrole nitrogens is 1. The van der Waals surface area contributed by atoms with Crippen molar-refractivity contribution >= 4 is 41.0 Å². The number of aromatic nitrogens is 1. The molecule has 21 heavy (non-hydrogen) atoms. The highest BCUT2D eigenvalue weighted by Crippen LogP contribution is 2.31. The van der Waals surface area contributed by atoms with E-state index in [9.17, 15) is 9.59 Å². The lowest BCUT2D eigenvalue weighted by molar-refractivity contribution is 0.0715. The van der Waals surface area contributed by atoms with Gasteiger partial charge in [0.15, 0.2) is 0 Å². The van der Waals surface area contributed by atoms with Gasteiger partial charge in [0.1, 0.15) is 11.3 Å². The van der Waals surface area contributed by atoms with Crippen molar-refractivity contribution in [3.05, 3.63) is 67.0 Å². The SMILES string of the molecule is Cc1cc2c(c(=O)[nH]1)C(=O)O/C2=C\c1ccc(Cl)cc1Cl. The average Bonchev–Trinajstić information content (AvgIpc) is 2.69. The summed E-state index contributed by atoms with van der Waals surface area (Å²) in [6.07, 6.45) is 1.61. The van der Waals surface area contributed by atoms with Crippen molar-refractivity contribution in [3.63, 3.8) is 0 Å². The van der Waals surface area contributed by atoms with E-state index in [-0.39, 0.29) is 5.56 Å². The van der Waals surface area contributed by atoms with Crippen LogP contribution in [-0.2, 0) is 4.74 Å². The Hall–Kier alpha value is -2.04. The van der Waals surface area contributed by atoms with Gasteiger partial charge in [-0.05, 0) is 36.8 Å². The molecule has 0 saturated carbocycles. The Balaban J connectivity index is 2.17. The van der Waals surface area contributed by atoms with Gasteiger partial charge in [-0.3, -0.25) is 4.79 Å². The van der Waals surface area contributed by atoms with Crippen LogP contribution in [0.15, 0.2) is 29.1 Å². The van der Waals surface area contributed by atoms with E-state index in [4.69, 9.17) is 27.9 Å². The third-order valence-corrected chi connectivity index (χ3v) is 3.65. The van der Waals surface area contributed by atoms with Gasteiger partial charge in [-0.2, -0.15) is 0 Å². The van der Waals surface area contributed by atoms with Crippen LogP contribution in [0.2, 0.25) is 10.0 Å². The molecule has 1 aliphatic rings. The minimum absolute atomic E-state index is 0.0111. The first-order valence-electron chi connectivity index (χ1n) is 6.09. The highest BCUT2D eigenvalue weighted by molar-refractivity contribution is 6.35. The number of hydrogen-bond donors (Lipinski definition) is 1. The quantitative estimate of drug-likeness (QED) is 0.815. The van der Waals surface area contributed by atoms with Crippen molar-refractivity contribution in [2.24, 2.45) is 0 Å². The van der Waals surface area contributed by atoms with Crippen LogP contribution < -0.4 is 5.56 Å². The Bertz CT molecular complexity index is 852. The van der Waals surface area contributed by atoms with Gasteiger partial charge in [-0.15, -0.1) is 0 Å². The largest absolute Gasteiger partial charge is 0.422 e. The smallest absolute Gasteiger partial charge is 0.349 e. The number of carbonyl (C=O) groups is 1. The second kappa shape index (κ2) is 5.06.